The molecule has 102 valence electrons. The van der Waals surface area contributed by atoms with Crippen molar-refractivity contribution in [2.24, 2.45) is 0 Å². The van der Waals surface area contributed by atoms with Crippen LogP contribution < -0.4 is 5.32 Å². The lowest BCUT2D eigenvalue weighted by molar-refractivity contribution is 0.439. The van der Waals surface area contributed by atoms with Crippen LogP contribution in [0.5, 0.6) is 0 Å². The smallest absolute Gasteiger partial charge is 0.135 e. The lowest BCUT2D eigenvalue weighted by Crippen LogP contribution is -2.18. The molecule has 0 saturated heterocycles. The van der Waals surface area contributed by atoms with Gasteiger partial charge in [-0.3, -0.25) is 0 Å². The summed E-state index contributed by atoms with van der Waals surface area (Å²) < 4.78 is 5.90. The summed E-state index contributed by atoms with van der Waals surface area (Å²) in [5.74, 6) is 1.77. The molecule has 1 aromatic heterocycles. The third kappa shape index (κ3) is 3.40. The molecule has 0 aliphatic rings. The fourth-order valence-electron chi connectivity index (χ4n) is 2.01. The summed E-state index contributed by atoms with van der Waals surface area (Å²) in [6, 6.07) is 10.2. The molecule has 0 amide bonds. The van der Waals surface area contributed by atoms with Crippen molar-refractivity contribution in [2.45, 2.75) is 33.2 Å². The van der Waals surface area contributed by atoms with Crippen LogP contribution in [0.4, 0.5) is 0 Å². The second-order valence-corrected chi connectivity index (χ2v) is 5.27. The van der Waals surface area contributed by atoms with Crippen molar-refractivity contribution in [3.8, 4) is 11.3 Å². The van der Waals surface area contributed by atoms with Crippen molar-refractivity contribution >= 4 is 11.6 Å². The number of rotatable bonds is 5. The van der Waals surface area contributed by atoms with Crippen molar-refractivity contribution < 1.29 is 4.42 Å². The van der Waals surface area contributed by atoms with Gasteiger partial charge in [-0.05, 0) is 56.6 Å². The Kier molecular flexibility index (Phi) is 4.67. The van der Waals surface area contributed by atoms with Crippen LogP contribution in [0.2, 0.25) is 5.02 Å². The van der Waals surface area contributed by atoms with Crippen molar-refractivity contribution in [3.05, 3.63) is 46.7 Å². The molecule has 1 N–H and O–H groups in total. The Morgan fingerprint density at radius 2 is 2.05 bits per heavy atom. The fourth-order valence-corrected chi connectivity index (χ4v) is 2.34. The number of aryl methyl sites for hydroxylation is 1. The molecular formula is C16H20ClNO. The molecule has 0 spiro atoms. The van der Waals surface area contributed by atoms with Crippen molar-refractivity contribution in [1.29, 1.82) is 0 Å². The minimum Gasteiger partial charge on any atom is -0.459 e. The Labute approximate surface area is 119 Å². The van der Waals surface area contributed by atoms with Crippen molar-refractivity contribution in [3.63, 3.8) is 0 Å². The number of halogens is 1. The van der Waals surface area contributed by atoms with Crippen LogP contribution in [0.15, 0.2) is 34.7 Å². The molecule has 2 rings (SSSR count). The molecule has 0 aliphatic heterocycles. The van der Waals surface area contributed by atoms with E-state index in [9.17, 15) is 0 Å². The largest absolute Gasteiger partial charge is 0.459 e. The van der Waals surface area contributed by atoms with E-state index in [0.29, 0.717) is 0 Å². The molecule has 19 heavy (non-hydrogen) atoms. The van der Waals surface area contributed by atoms with Gasteiger partial charge in [-0.2, -0.15) is 0 Å². The van der Waals surface area contributed by atoms with Gasteiger partial charge in [-0.1, -0.05) is 24.6 Å². The second kappa shape index (κ2) is 6.27. The van der Waals surface area contributed by atoms with Gasteiger partial charge >= 0.3 is 0 Å². The molecule has 1 heterocycles. The molecule has 0 bridgehead atoms. The Morgan fingerprint density at radius 1 is 1.26 bits per heavy atom. The highest BCUT2D eigenvalue weighted by Crippen LogP contribution is 2.31. The van der Waals surface area contributed by atoms with Gasteiger partial charge in [0.05, 0.1) is 11.1 Å². The topological polar surface area (TPSA) is 25.2 Å². The Morgan fingerprint density at radius 3 is 2.74 bits per heavy atom. The maximum absolute atomic E-state index is 6.26. The SMILES string of the molecule is CCCNC(C)c1ccc(-c2ccc(C)cc2Cl)o1. The maximum atomic E-state index is 6.26. The number of nitrogens with one attached hydrogen (secondary N) is 1. The first-order valence-electron chi connectivity index (χ1n) is 6.71. The van der Waals surface area contributed by atoms with E-state index in [0.717, 1.165) is 40.6 Å². The predicted octanol–water partition coefficient (Wildman–Crippen LogP) is 4.97. The van der Waals surface area contributed by atoms with Crippen LogP contribution in [0.25, 0.3) is 11.3 Å². The van der Waals surface area contributed by atoms with Crippen LogP contribution in [-0.4, -0.2) is 6.54 Å². The van der Waals surface area contributed by atoms with E-state index in [-0.39, 0.29) is 6.04 Å². The van der Waals surface area contributed by atoms with E-state index >= 15 is 0 Å². The lowest BCUT2D eigenvalue weighted by atomic mass is 10.1. The molecule has 3 heteroatoms. The summed E-state index contributed by atoms with van der Waals surface area (Å²) in [7, 11) is 0. The van der Waals surface area contributed by atoms with Crippen LogP contribution in [-0.2, 0) is 0 Å². The molecule has 1 unspecified atom stereocenters. The Bertz CT molecular complexity index is 547. The Balaban J connectivity index is 2.20. The van der Waals surface area contributed by atoms with E-state index in [1.165, 1.54) is 0 Å². The average molecular weight is 278 g/mol. The van der Waals surface area contributed by atoms with Crippen molar-refractivity contribution in [1.82, 2.24) is 5.32 Å². The van der Waals surface area contributed by atoms with E-state index in [1.807, 2.05) is 37.3 Å². The number of hydrogen-bond donors (Lipinski definition) is 1. The van der Waals surface area contributed by atoms with Crippen LogP contribution in [0, 0.1) is 6.92 Å². The summed E-state index contributed by atoms with van der Waals surface area (Å²) in [5, 5.41) is 4.14. The summed E-state index contributed by atoms with van der Waals surface area (Å²) in [6.45, 7) is 7.27. The fraction of sp³-hybridized carbons (Fsp3) is 0.375. The van der Waals surface area contributed by atoms with Crippen LogP contribution in [0.1, 0.15) is 37.6 Å². The van der Waals surface area contributed by atoms with Gasteiger partial charge in [0.2, 0.25) is 0 Å². The summed E-state index contributed by atoms with van der Waals surface area (Å²) in [6.07, 6.45) is 1.11. The zero-order valence-electron chi connectivity index (χ0n) is 11.7. The first kappa shape index (κ1) is 14.2. The minimum atomic E-state index is 0.220. The number of benzene rings is 1. The normalized spacial score (nSPS) is 12.6. The third-order valence-electron chi connectivity index (χ3n) is 3.14. The Hall–Kier alpha value is -1.25. The van der Waals surface area contributed by atoms with Crippen LogP contribution >= 0.6 is 11.6 Å². The van der Waals surface area contributed by atoms with E-state index < -0.39 is 0 Å². The number of furan rings is 1. The maximum Gasteiger partial charge on any atom is 0.135 e. The van der Waals surface area contributed by atoms with E-state index in [2.05, 4.69) is 19.2 Å². The van der Waals surface area contributed by atoms with Gasteiger partial charge < -0.3 is 9.73 Å². The van der Waals surface area contributed by atoms with Crippen molar-refractivity contribution in [2.75, 3.05) is 6.54 Å². The molecule has 2 aromatic rings. The predicted molar refractivity (Wildman–Crippen MR) is 80.6 cm³/mol. The molecule has 0 aliphatic carbocycles. The number of hydrogen-bond acceptors (Lipinski definition) is 2. The lowest BCUT2D eigenvalue weighted by Gasteiger charge is -2.10. The zero-order valence-corrected chi connectivity index (χ0v) is 12.4. The summed E-state index contributed by atoms with van der Waals surface area (Å²) >= 11 is 6.26. The van der Waals surface area contributed by atoms with Gasteiger partial charge in [-0.25, -0.2) is 0 Å². The first-order chi connectivity index (χ1) is 9.11. The summed E-state index contributed by atoms with van der Waals surface area (Å²) in [5.41, 5.74) is 2.10. The minimum absolute atomic E-state index is 0.220. The van der Waals surface area contributed by atoms with Gasteiger partial charge in [0.1, 0.15) is 11.5 Å². The standard InChI is InChI=1S/C16H20ClNO/c1-4-9-18-12(3)15-7-8-16(19-15)13-6-5-11(2)10-14(13)17/h5-8,10,12,18H,4,9H2,1-3H3. The van der Waals surface area contributed by atoms with Crippen LogP contribution in [0.3, 0.4) is 0 Å². The van der Waals surface area contributed by atoms with E-state index in [4.69, 9.17) is 16.0 Å². The quantitative estimate of drug-likeness (QED) is 0.835. The van der Waals surface area contributed by atoms with Gasteiger partial charge in [0.25, 0.3) is 0 Å². The molecule has 1 aromatic carbocycles. The molecule has 0 saturated carbocycles. The zero-order chi connectivity index (χ0) is 13.8. The molecule has 0 radical (unpaired) electrons. The molecule has 1 atom stereocenters. The van der Waals surface area contributed by atoms with Gasteiger partial charge in [0.15, 0.2) is 0 Å². The highest BCUT2D eigenvalue weighted by molar-refractivity contribution is 6.33. The summed E-state index contributed by atoms with van der Waals surface area (Å²) in [4.78, 5) is 0. The van der Waals surface area contributed by atoms with E-state index in [1.54, 1.807) is 0 Å². The monoisotopic (exact) mass is 277 g/mol. The molecule has 0 fully saturated rings. The average Bonchev–Trinajstić information content (AvgIpc) is 2.85. The third-order valence-corrected chi connectivity index (χ3v) is 3.46. The second-order valence-electron chi connectivity index (χ2n) is 4.86. The molecular weight excluding hydrogens is 258 g/mol. The molecule has 2 nitrogen and oxygen atoms in total. The highest BCUT2D eigenvalue weighted by atomic mass is 35.5. The first-order valence-corrected chi connectivity index (χ1v) is 7.09. The van der Waals surface area contributed by atoms with Gasteiger partial charge in [-0.15, -0.1) is 0 Å². The highest BCUT2D eigenvalue weighted by Gasteiger charge is 2.12. The van der Waals surface area contributed by atoms with Gasteiger partial charge in [0, 0.05) is 5.56 Å².